The van der Waals surface area contributed by atoms with E-state index in [0.717, 1.165) is 13.0 Å². The van der Waals surface area contributed by atoms with Gasteiger partial charge < -0.3 is 10.6 Å². The largest absolute Gasteiger partial charge is 0.368 e. The van der Waals surface area contributed by atoms with E-state index in [1.807, 2.05) is 6.07 Å². The standard InChI is InChI=1S/C13H17N3/c1-10-6-11-4-2-3-5-13(11)16(8-10)9-12(15)7-14/h2-5,10,12H,6,8-9,15H2,1H3. The predicted octanol–water partition coefficient (Wildman–Crippen LogP) is 1.54. The van der Waals surface area contributed by atoms with Gasteiger partial charge >= 0.3 is 0 Å². The van der Waals surface area contributed by atoms with Crippen LogP contribution < -0.4 is 10.6 Å². The van der Waals surface area contributed by atoms with Crippen LogP contribution in [0.3, 0.4) is 0 Å². The van der Waals surface area contributed by atoms with Gasteiger partial charge in [-0.25, -0.2) is 0 Å². The molecular formula is C13H17N3. The van der Waals surface area contributed by atoms with Gasteiger partial charge in [0.2, 0.25) is 0 Å². The molecule has 2 unspecified atom stereocenters. The van der Waals surface area contributed by atoms with Gasteiger partial charge in [-0.15, -0.1) is 0 Å². The molecule has 0 radical (unpaired) electrons. The zero-order valence-corrected chi connectivity index (χ0v) is 9.56. The van der Waals surface area contributed by atoms with Crippen molar-refractivity contribution in [2.45, 2.75) is 19.4 Å². The van der Waals surface area contributed by atoms with Crippen molar-refractivity contribution in [1.29, 1.82) is 5.26 Å². The summed E-state index contributed by atoms with van der Waals surface area (Å²) in [5, 5.41) is 8.78. The molecule has 0 bridgehead atoms. The van der Waals surface area contributed by atoms with Crippen LogP contribution >= 0.6 is 0 Å². The summed E-state index contributed by atoms with van der Waals surface area (Å²) in [6, 6.07) is 10.1. The fraction of sp³-hybridized carbons (Fsp3) is 0.462. The van der Waals surface area contributed by atoms with E-state index in [9.17, 15) is 0 Å². The van der Waals surface area contributed by atoms with Crippen LogP contribution in [-0.4, -0.2) is 19.1 Å². The first-order chi connectivity index (χ1) is 7.70. The summed E-state index contributed by atoms with van der Waals surface area (Å²) in [4.78, 5) is 2.23. The Morgan fingerprint density at radius 3 is 3.06 bits per heavy atom. The fourth-order valence-electron chi connectivity index (χ4n) is 2.36. The smallest absolute Gasteiger partial charge is 0.110 e. The zero-order chi connectivity index (χ0) is 11.5. The number of nitrogens with zero attached hydrogens (tertiary/aromatic N) is 2. The van der Waals surface area contributed by atoms with Crippen LogP contribution in [0, 0.1) is 17.2 Å². The summed E-state index contributed by atoms with van der Waals surface area (Å²) in [5.74, 6) is 0.626. The number of nitrogens with two attached hydrogens (primary N) is 1. The molecule has 1 aromatic rings. The van der Waals surface area contributed by atoms with Crippen molar-refractivity contribution in [3.63, 3.8) is 0 Å². The van der Waals surface area contributed by atoms with Crippen molar-refractivity contribution in [3.05, 3.63) is 29.8 Å². The molecule has 0 spiro atoms. The van der Waals surface area contributed by atoms with Gasteiger partial charge in [-0.3, -0.25) is 0 Å². The summed E-state index contributed by atoms with van der Waals surface area (Å²) >= 11 is 0. The summed E-state index contributed by atoms with van der Waals surface area (Å²) in [6.45, 7) is 3.85. The van der Waals surface area contributed by atoms with E-state index in [1.165, 1.54) is 11.3 Å². The summed E-state index contributed by atoms with van der Waals surface area (Å²) in [7, 11) is 0. The van der Waals surface area contributed by atoms with Crippen molar-refractivity contribution in [2.75, 3.05) is 18.0 Å². The zero-order valence-electron chi connectivity index (χ0n) is 9.56. The van der Waals surface area contributed by atoms with E-state index in [2.05, 4.69) is 36.1 Å². The number of nitriles is 1. The van der Waals surface area contributed by atoms with Gasteiger partial charge in [0, 0.05) is 18.8 Å². The average Bonchev–Trinajstić information content (AvgIpc) is 2.28. The fourth-order valence-corrected chi connectivity index (χ4v) is 2.36. The molecule has 0 amide bonds. The maximum atomic E-state index is 8.78. The first-order valence-electron chi connectivity index (χ1n) is 5.68. The molecule has 1 aliphatic rings. The molecule has 0 aliphatic carbocycles. The van der Waals surface area contributed by atoms with Crippen LogP contribution in [0.4, 0.5) is 5.69 Å². The summed E-state index contributed by atoms with van der Waals surface area (Å²) < 4.78 is 0. The number of para-hydroxylation sites is 1. The van der Waals surface area contributed by atoms with Crippen molar-refractivity contribution < 1.29 is 0 Å². The maximum Gasteiger partial charge on any atom is 0.110 e. The van der Waals surface area contributed by atoms with Crippen molar-refractivity contribution in [1.82, 2.24) is 0 Å². The van der Waals surface area contributed by atoms with Gasteiger partial charge in [-0.1, -0.05) is 25.1 Å². The van der Waals surface area contributed by atoms with Crippen LogP contribution in [0.25, 0.3) is 0 Å². The van der Waals surface area contributed by atoms with E-state index < -0.39 is 6.04 Å². The number of hydrogen-bond donors (Lipinski definition) is 1. The Morgan fingerprint density at radius 1 is 1.56 bits per heavy atom. The molecule has 0 saturated carbocycles. The highest BCUT2D eigenvalue weighted by molar-refractivity contribution is 5.56. The highest BCUT2D eigenvalue weighted by Crippen LogP contribution is 2.29. The number of anilines is 1. The molecule has 0 saturated heterocycles. The lowest BCUT2D eigenvalue weighted by atomic mass is 9.93. The molecule has 1 aliphatic heterocycles. The van der Waals surface area contributed by atoms with E-state index >= 15 is 0 Å². The van der Waals surface area contributed by atoms with Crippen molar-refractivity contribution in [3.8, 4) is 6.07 Å². The topological polar surface area (TPSA) is 53.0 Å². The van der Waals surface area contributed by atoms with Crippen LogP contribution in [0.1, 0.15) is 12.5 Å². The molecule has 1 aromatic carbocycles. The quantitative estimate of drug-likeness (QED) is 0.814. The van der Waals surface area contributed by atoms with Gasteiger partial charge in [-0.05, 0) is 24.0 Å². The van der Waals surface area contributed by atoms with Gasteiger partial charge in [-0.2, -0.15) is 5.26 Å². The first kappa shape index (κ1) is 11.0. The molecule has 84 valence electrons. The lowest BCUT2D eigenvalue weighted by Crippen LogP contribution is -2.42. The second-order valence-electron chi connectivity index (χ2n) is 4.58. The third kappa shape index (κ3) is 2.17. The van der Waals surface area contributed by atoms with Gasteiger partial charge in [0.1, 0.15) is 6.04 Å². The molecule has 16 heavy (non-hydrogen) atoms. The summed E-state index contributed by atoms with van der Waals surface area (Å²) in [5.41, 5.74) is 8.31. The molecule has 3 heteroatoms. The second kappa shape index (κ2) is 4.54. The van der Waals surface area contributed by atoms with Crippen LogP contribution in [0.5, 0.6) is 0 Å². The number of benzene rings is 1. The number of fused-ring (bicyclic) bond motifs is 1. The van der Waals surface area contributed by atoms with Crippen molar-refractivity contribution >= 4 is 5.69 Å². The van der Waals surface area contributed by atoms with Gasteiger partial charge in [0.15, 0.2) is 0 Å². The van der Waals surface area contributed by atoms with Crippen LogP contribution in [0.2, 0.25) is 0 Å². The maximum absolute atomic E-state index is 8.78. The average molecular weight is 215 g/mol. The third-order valence-corrected chi connectivity index (χ3v) is 3.02. The molecule has 0 fully saturated rings. The second-order valence-corrected chi connectivity index (χ2v) is 4.58. The minimum atomic E-state index is -0.404. The van der Waals surface area contributed by atoms with Crippen LogP contribution in [-0.2, 0) is 6.42 Å². The molecule has 3 nitrogen and oxygen atoms in total. The minimum absolute atomic E-state index is 0.404. The lowest BCUT2D eigenvalue weighted by molar-refractivity contribution is 0.525. The van der Waals surface area contributed by atoms with Gasteiger partial charge in [0.05, 0.1) is 6.07 Å². The SMILES string of the molecule is CC1Cc2ccccc2N(CC(N)C#N)C1. The Balaban J connectivity index is 2.24. The third-order valence-electron chi connectivity index (χ3n) is 3.02. The van der Waals surface area contributed by atoms with E-state index in [-0.39, 0.29) is 0 Å². The Morgan fingerprint density at radius 2 is 2.31 bits per heavy atom. The highest BCUT2D eigenvalue weighted by Gasteiger charge is 2.22. The Hall–Kier alpha value is -1.53. The molecule has 2 rings (SSSR count). The van der Waals surface area contributed by atoms with E-state index in [0.29, 0.717) is 12.5 Å². The number of hydrogen-bond acceptors (Lipinski definition) is 3. The molecule has 0 aromatic heterocycles. The van der Waals surface area contributed by atoms with E-state index in [4.69, 9.17) is 11.0 Å². The monoisotopic (exact) mass is 215 g/mol. The molecule has 1 heterocycles. The minimum Gasteiger partial charge on any atom is -0.368 e. The van der Waals surface area contributed by atoms with Gasteiger partial charge in [0.25, 0.3) is 0 Å². The van der Waals surface area contributed by atoms with Crippen LogP contribution in [0.15, 0.2) is 24.3 Å². The summed E-state index contributed by atoms with van der Waals surface area (Å²) in [6.07, 6.45) is 1.12. The lowest BCUT2D eigenvalue weighted by Gasteiger charge is -2.35. The Bertz CT molecular complexity index is 408. The number of rotatable bonds is 2. The first-order valence-corrected chi connectivity index (χ1v) is 5.68. The van der Waals surface area contributed by atoms with E-state index in [1.54, 1.807) is 0 Å². The normalized spacial score (nSPS) is 21.1. The van der Waals surface area contributed by atoms with Crippen molar-refractivity contribution in [2.24, 2.45) is 11.7 Å². The molecule has 2 N–H and O–H groups in total. The molecular weight excluding hydrogens is 198 g/mol. The highest BCUT2D eigenvalue weighted by atomic mass is 15.2. The Kier molecular flexibility index (Phi) is 3.12. The predicted molar refractivity (Wildman–Crippen MR) is 65.1 cm³/mol. The Labute approximate surface area is 96.5 Å². The molecule has 2 atom stereocenters.